The summed E-state index contributed by atoms with van der Waals surface area (Å²) in [4.78, 5) is 25.4. The number of amides is 1. The molecule has 1 rings (SSSR count). The Labute approximate surface area is 111 Å². The van der Waals surface area contributed by atoms with Crippen LogP contribution in [0.4, 0.5) is 0 Å². The Bertz CT molecular complexity index is 412. The number of carboxylic acid groups (broad SMARTS) is 1. The van der Waals surface area contributed by atoms with Crippen LogP contribution in [0.5, 0.6) is 0 Å². The second kappa shape index (κ2) is 6.00. The van der Waals surface area contributed by atoms with Crippen molar-refractivity contribution in [3.8, 4) is 0 Å². The molecule has 1 heterocycles. The standard InChI is InChI=1S/C13H19NO3S/c1-13(2,10-6-5-9-18-10)12(17)14(3)8-4-7-11(15)16/h5-6,9H,4,7-8H2,1-3H3,(H,15,16). The minimum absolute atomic E-state index is 0.0235. The average molecular weight is 269 g/mol. The van der Waals surface area contributed by atoms with Crippen molar-refractivity contribution < 1.29 is 14.7 Å². The maximum Gasteiger partial charge on any atom is 0.303 e. The molecular formula is C13H19NO3S. The zero-order chi connectivity index (χ0) is 13.8. The maximum absolute atomic E-state index is 12.3. The van der Waals surface area contributed by atoms with Gasteiger partial charge in [-0.1, -0.05) is 6.07 Å². The quantitative estimate of drug-likeness (QED) is 0.862. The third-order valence-corrected chi connectivity index (χ3v) is 4.10. The molecule has 5 heteroatoms. The van der Waals surface area contributed by atoms with E-state index in [4.69, 9.17) is 5.11 Å². The molecule has 0 bridgehead atoms. The highest BCUT2D eigenvalue weighted by Crippen LogP contribution is 2.29. The summed E-state index contributed by atoms with van der Waals surface area (Å²) >= 11 is 1.56. The van der Waals surface area contributed by atoms with Gasteiger partial charge < -0.3 is 10.0 Å². The number of aliphatic carboxylic acids is 1. The normalized spacial score (nSPS) is 11.3. The predicted molar refractivity (Wildman–Crippen MR) is 71.9 cm³/mol. The van der Waals surface area contributed by atoms with E-state index in [1.807, 2.05) is 31.4 Å². The monoisotopic (exact) mass is 269 g/mol. The molecule has 1 aromatic rings. The van der Waals surface area contributed by atoms with Crippen LogP contribution in [0.15, 0.2) is 17.5 Å². The fourth-order valence-electron chi connectivity index (χ4n) is 1.79. The van der Waals surface area contributed by atoms with Crippen LogP contribution in [-0.4, -0.2) is 35.5 Å². The summed E-state index contributed by atoms with van der Waals surface area (Å²) in [5, 5.41) is 10.5. The molecule has 0 saturated heterocycles. The summed E-state index contributed by atoms with van der Waals surface area (Å²) in [6.07, 6.45) is 0.579. The topological polar surface area (TPSA) is 57.6 Å². The van der Waals surface area contributed by atoms with E-state index in [0.29, 0.717) is 13.0 Å². The van der Waals surface area contributed by atoms with Gasteiger partial charge in [-0.3, -0.25) is 9.59 Å². The van der Waals surface area contributed by atoms with Gasteiger partial charge in [0, 0.05) is 24.9 Å². The van der Waals surface area contributed by atoms with E-state index in [0.717, 1.165) is 4.88 Å². The Hall–Kier alpha value is -1.36. The molecule has 0 unspecified atom stereocenters. The summed E-state index contributed by atoms with van der Waals surface area (Å²) in [7, 11) is 1.72. The molecule has 0 atom stereocenters. The Morgan fingerprint density at radius 3 is 2.61 bits per heavy atom. The van der Waals surface area contributed by atoms with E-state index in [2.05, 4.69) is 0 Å². The number of carbonyl (C=O) groups excluding carboxylic acids is 1. The van der Waals surface area contributed by atoms with Crippen molar-refractivity contribution in [1.29, 1.82) is 0 Å². The highest BCUT2D eigenvalue weighted by molar-refractivity contribution is 7.10. The number of carboxylic acids is 1. The van der Waals surface area contributed by atoms with Crippen LogP contribution in [-0.2, 0) is 15.0 Å². The molecule has 0 aliphatic heterocycles. The number of rotatable bonds is 6. The number of thiophene rings is 1. The zero-order valence-electron chi connectivity index (χ0n) is 11.0. The predicted octanol–water partition coefficient (Wildman–Crippen LogP) is 2.35. The van der Waals surface area contributed by atoms with Gasteiger partial charge in [0.25, 0.3) is 0 Å². The lowest BCUT2D eigenvalue weighted by Crippen LogP contribution is -2.41. The molecule has 0 saturated carbocycles. The van der Waals surface area contributed by atoms with E-state index in [1.165, 1.54) is 0 Å². The van der Waals surface area contributed by atoms with Crippen molar-refractivity contribution in [3.05, 3.63) is 22.4 Å². The Kier molecular flexibility index (Phi) is 4.90. The van der Waals surface area contributed by atoms with Crippen LogP contribution >= 0.6 is 11.3 Å². The average Bonchev–Trinajstić information content (AvgIpc) is 2.81. The molecule has 1 amide bonds. The summed E-state index contributed by atoms with van der Waals surface area (Å²) in [5.41, 5.74) is -0.549. The van der Waals surface area contributed by atoms with Crippen molar-refractivity contribution in [3.63, 3.8) is 0 Å². The van der Waals surface area contributed by atoms with Gasteiger partial charge in [-0.25, -0.2) is 0 Å². The van der Waals surface area contributed by atoms with Gasteiger partial charge in [-0.15, -0.1) is 11.3 Å². The van der Waals surface area contributed by atoms with Crippen molar-refractivity contribution in [2.75, 3.05) is 13.6 Å². The van der Waals surface area contributed by atoms with E-state index in [1.54, 1.807) is 23.3 Å². The third-order valence-electron chi connectivity index (χ3n) is 2.90. The van der Waals surface area contributed by atoms with Gasteiger partial charge in [0.1, 0.15) is 0 Å². The summed E-state index contributed by atoms with van der Waals surface area (Å²) in [5.74, 6) is -0.802. The zero-order valence-corrected chi connectivity index (χ0v) is 11.8. The van der Waals surface area contributed by atoms with Gasteiger partial charge >= 0.3 is 5.97 Å². The Morgan fingerprint density at radius 1 is 1.44 bits per heavy atom. The smallest absolute Gasteiger partial charge is 0.303 e. The van der Waals surface area contributed by atoms with E-state index < -0.39 is 11.4 Å². The molecule has 0 fully saturated rings. The molecule has 0 spiro atoms. The van der Waals surface area contributed by atoms with Crippen LogP contribution in [0, 0.1) is 0 Å². The van der Waals surface area contributed by atoms with E-state index in [9.17, 15) is 9.59 Å². The van der Waals surface area contributed by atoms with Crippen LogP contribution in [0.2, 0.25) is 0 Å². The first kappa shape index (κ1) is 14.7. The number of likely N-dealkylation sites (N-methyl/N-ethyl adjacent to an activating group) is 1. The molecule has 0 aliphatic carbocycles. The lowest BCUT2D eigenvalue weighted by Gasteiger charge is -2.28. The lowest BCUT2D eigenvalue weighted by atomic mass is 9.89. The largest absolute Gasteiger partial charge is 0.481 e. The molecule has 1 N–H and O–H groups in total. The van der Waals surface area contributed by atoms with Crippen molar-refractivity contribution >= 4 is 23.2 Å². The first-order chi connectivity index (χ1) is 8.35. The highest BCUT2D eigenvalue weighted by Gasteiger charge is 2.33. The van der Waals surface area contributed by atoms with E-state index >= 15 is 0 Å². The lowest BCUT2D eigenvalue weighted by molar-refractivity contribution is -0.138. The molecule has 0 radical (unpaired) electrons. The van der Waals surface area contributed by atoms with Gasteiger partial charge in [0.2, 0.25) is 5.91 Å². The second-order valence-corrected chi connectivity index (χ2v) is 5.77. The number of hydrogen-bond donors (Lipinski definition) is 1. The maximum atomic E-state index is 12.3. The fourth-order valence-corrected chi connectivity index (χ4v) is 2.63. The number of nitrogens with zero attached hydrogens (tertiary/aromatic N) is 1. The fraction of sp³-hybridized carbons (Fsp3) is 0.538. The van der Waals surface area contributed by atoms with Gasteiger partial charge in [0.05, 0.1) is 5.41 Å². The van der Waals surface area contributed by atoms with Crippen LogP contribution in [0.25, 0.3) is 0 Å². The highest BCUT2D eigenvalue weighted by atomic mass is 32.1. The summed E-state index contributed by atoms with van der Waals surface area (Å²) in [6, 6.07) is 3.88. The number of hydrogen-bond acceptors (Lipinski definition) is 3. The minimum atomic E-state index is -0.826. The molecule has 18 heavy (non-hydrogen) atoms. The van der Waals surface area contributed by atoms with Crippen LogP contribution < -0.4 is 0 Å². The second-order valence-electron chi connectivity index (χ2n) is 4.83. The summed E-state index contributed by atoms with van der Waals surface area (Å²) in [6.45, 7) is 4.27. The van der Waals surface area contributed by atoms with Gasteiger partial charge in [-0.05, 0) is 31.7 Å². The number of carbonyl (C=O) groups is 2. The van der Waals surface area contributed by atoms with Crippen molar-refractivity contribution in [2.24, 2.45) is 0 Å². The van der Waals surface area contributed by atoms with Crippen LogP contribution in [0.1, 0.15) is 31.6 Å². The molecular weight excluding hydrogens is 250 g/mol. The van der Waals surface area contributed by atoms with Crippen molar-refractivity contribution in [1.82, 2.24) is 4.90 Å². The van der Waals surface area contributed by atoms with Crippen molar-refractivity contribution in [2.45, 2.75) is 32.1 Å². The molecule has 100 valence electrons. The molecule has 0 aromatic carbocycles. The first-order valence-electron chi connectivity index (χ1n) is 5.87. The third kappa shape index (κ3) is 3.57. The van der Waals surface area contributed by atoms with Crippen LogP contribution in [0.3, 0.4) is 0 Å². The SMILES string of the molecule is CN(CCCC(=O)O)C(=O)C(C)(C)c1cccs1. The summed E-state index contributed by atoms with van der Waals surface area (Å²) < 4.78 is 0. The first-order valence-corrected chi connectivity index (χ1v) is 6.75. The molecule has 4 nitrogen and oxygen atoms in total. The Morgan fingerprint density at radius 2 is 2.11 bits per heavy atom. The van der Waals surface area contributed by atoms with Gasteiger partial charge in [-0.2, -0.15) is 0 Å². The molecule has 1 aromatic heterocycles. The minimum Gasteiger partial charge on any atom is -0.481 e. The molecule has 0 aliphatic rings. The van der Waals surface area contributed by atoms with E-state index in [-0.39, 0.29) is 12.3 Å². The van der Waals surface area contributed by atoms with Gasteiger partial charge in [0.15, 0.2) is 0 Å². The Balaban J connectivity index is 2.60.